The third kappa shape index (κ3) is 1.18. The van der Waals surface area contributed by atoms with Gasteiger partial charge in [-0.05, 0) is 6.26 Å². The molecule has 1 heterocycles. The first-order valence-corrected chi connectivity index (χ1v) is 4.69. The molecule has 4 heteroatoms. The molecule has 56 valence electrons. The molecule has 2 nitrogen and oxygen atoms in total. The van der Waals surface area contributed by atoms with Crippen LogP contribution in [0.15, 0.2) is 0 Å². The number of rotatable bonds is 1. The van der Waals surface area contributed by atoms with Crippen LogP contribution in [0.25, 0.3) is 0 Å². The lowest BCUT2D eigenvalue weighted by Gasteiger charge is -2.08. The fraction of sp³-hybridized carbons (Fsp3) is 0.667. The van der Waals surface area contributed by atoms with Gasteiger partial charge >= 0.3 is 0 Å². The van der Waals surface area contributed by atoms with E-state index >= 15 is 0 Å². The Morgan fingerprint density at radius 1 is 1.80 bits per heavy atom. The van der Waals surface area contributed by atoms with Gasteiger partial charge in [-0.25, -0.2) is 0 Å². The highest BCUT2D eigenvalue weighted by atomic mass is 32.2. The number of carbonyl (C=O) groups excluding carboxylic acids is 1. The highest BCUT2D eigenvalue weighted by Crippen LogP contribution is 2.22. The van der Waals surface area contributed by atoms with Gasteiger partial charge in [0.25, 0.3) is 0 Å². The van der Waals surface area contributed by atoms with E-state index in [9.17, 15) is 4.79 Å². The van der Waals surface area contributed by atoms with E-state index in [0.717, 1.165) is 4.99 Å². The fourth-order valence-corrected chi connectivity index (χ4v) is 2.05. The molecule has 0 N–H and O–H groups in total. The molecule has 0 saturated carbocycles. The number of hydrogen-bond donors (Lipinski definition) is 0. The zero-order chi connectivity index (χ0) is 7.72. The normalized spacial score (nSPS) is 26.2. The van der Waals surface area contributed by atoms with Crippen molar-refractivity contribution in [1.29, 1.82) is 0 Å². The van der Waals surface area contributed by atoms with E-state index in [-0.39, 0.29) is 11.2 Å². The minimum atomic E-state index is 0.143. The summed E-state index contributed by atoms with van der Waals surface area (Å²) < 4.78 is 0. The molecule has 1 amide bonds. The van der Waals surface area contributed by atoms with E-state index in [0.29, 0.717) is 6.42 Å². The molecule has 1 atom stereocenters. The quantitative estimate of drug-likeness (QED) is 0.552. The number of thioether (sulfide) groups is 1. The zero-order valence-electron chi connectivity index (χ0n) is 5.96. The fourth-order valence-electron chi connectivity index (χ4n) is 0.906. The number of likely N-dealkylation sites (tertiary alicyclic amines) is 1. The van der Waals surface area contributed by atoms with Gasteiger partial charge in [-0.3, -0.25) is 4.79 Å². The lowest BCUT2D eigenvalue weighted by molar-refractivity contribution is -0.124. The van der Waals surface area contributed by atoms with Gasteiger partial charge in [0.05, 0.1) is 10.2 Å². The molecule has 0 aromatic rings. The maximum atomic E-state index is 11.0. The predicted octanol–water partition coefficient (Wildman–Crippen LogP) is 0.907. The van der Waals surface area contributed by atoms with Crippen LogP contribution >= 0.6 is 24.0 Å². The van der Waals surface area contributed by atoms with Crippen molar-refractivity contribution in [2.45, 2.75) is 11.7 Å². The molecule has 0 aromatic carbocycles. The Balaban J connectivity index is 2.71. The molecular weight excluding hydrogens is 166 g/mol. The Kier molecular flexibility index (Phi) is 2.31. The van der Waals surface area contributed by atoms with Crippen LogP contribution in [0.5, 0.6) is 0 Å². The summed E-state index contributed by atoms with van der Waals surface area (Å²) in [5, 5.41) is 0.243. The van der Waals surface area contributed by atoms with E-state index < -0.39 is 0 Å². The van der Waals surface area contributed by atoms with Gasteiger partial charge in [0, 0.05) is 13.5 Å². The second kappa shape index (κ2) is 2.88. The summed E-state index contributed by atoms with van der Waals surface area (Å²) in [6, 6.07) is 0. The van der Waals surface area contributed by atoms with E-state index in [2.05, 4.69) is 0 Å². The molecule has 0 bridgehead atoms. The Morgan fingerprint density at radius 3 is 2.60 bits per heavy atom. The summed E-state index contributed by atoms with van der Waals surface area (Å²) in [7, 11) is 1.74. The van der Waals surface area contributed by atoms with Gasteiger partial charge < -0.3 is 4.90 Å². The maximum absolute atomic E-state index is 11.0. The molecule has 1 aliphatic rings. The third-order valence-electron chi connectivity index (χ3n) is 1.62. The van der Waals surface area contributed by atoms with Crippen molar-refractivity contribution in [3.63, 3.8) is 0 Å². The average molecular weight is 175 g/mol. The van der Waals surface area contributed by atoms with Gasteiger partial charge in [-0.15, -0.1) is 0 Å². The Bertz CT molecular complexity index is 181. The van der Waals surface area contributed by atoms with Gasteiger partial charge in [0.2, 0.25) is 5.91 Å². The smallest absolute Gasteiger partial charge is 0.228 e. The first-order valence-electron chi connectivity index (χ1n) is 3.00. The van der Waals surface area contributed by atoms with Crippen molar-refractivity contribution in [2.75, 3.05) is 13.3 Å². The van der Waals surface area contributed by atoms with Crippen molar-refractivity contribution < 1.29 is 4.79 Å². The molecule has 0 aromatic heterocycles. The second-order valence-electron chi connectivity index (χ2n) is 2.22. The van der Waals surface area contributed by atoms with Crippen LogP contribution in [0.4, 0.5) is 0 Å². The second-order valence-corrected chi connectivity index (χ2v) is 3.68. The average Bonchev–Trinajstić information content (AvgIpc) is 2.17. The van der Waals surface area contributed by atoms with Gasteiger partial charge in [-0.2, -0.15) is 11.8 Å². The number of hydrogen-bond acceptors (Lipinski definition) is 3. The number of thiocarbonyl (C=S) groups is 1. The van der Waals surface area contributed by atoms with Crippen LogP contribution in [0, 0.1) is 0 Å². The summed E-state index contributed by atoms with van der Waals surface area (Å²) in [6.07, 6.45) is 2.56. The Morgan fingerprint density at radius 2 is 2.40 bits per heavy atom. The molecular formula is C6H9NOS2. The lowest BCUT2D eigenvalue weighted by Crippen LogP contribution is -2.24. The SMILES string of the molecule is CSC1CC(=O)N(C)C1=S. The summed E-state index contributed by atoms with van der Waals surface area (Å²) in [5.74, 6) is 0.143. The van der Waals surface area contributed by atoms with E-state index in [1.54, 1.807) is 23.7 Å². The molecule has 1 rings (SSSR count). The van der Waals surface area contributed by atoms with Crippen LogP contribution < -0.4 is 0 Å². The first-order chi connectivity index (χ1) is 4.66. The largest absolute Gasteiger partial charge is 0.309 e. The summed E-state index contributed by atoms with van der Waals surface area (Å²) in [4.78, 5) is 13.3. The molecule has 1 aliphatic heterocycles. The predicted molar refractivity (Wildman–Crippen MR) is 47.3 cm³/mol. The monoisotopic (exact) mass is 175 g/mol. The summed E-state index contributed by atoms with van der Waals surface area (Å²) >= 11 is 6.67. The van der Waals surface area contributed by atoms with E-state index in [4.69, 9.17) is 12.2 Å². The number of amides is 1. The molecule has 0 aliphatic carbocycles. The highest BCUT2D eigenvalue weighted by molar-refractivity contribution is 8.01. The van der Waals surface area contributed by atoms with Crippen molar-refractivity contribution in [1.82, 2.24) is 4.90 Å². The van der Waals surface area contributed by atoms with Gasteiger partial charge in [-0.1, -0.05) is 12.2 Å². The minimum absolute atomic E-state index is 0.143. The highest BCUT2D eigenvalue weighted by Gasteiger charge is 2.31. The Hall–Kier alpha value is -0.0900. The molecule has 1 unspecified atom stereocenters. The van der Waals surface area contributed by atoms with Crippen LogP contribution in [-0.2, 0) is 4.79 Å². The molecule has 0 radical (unpaired) electrons. The van der Waals surface area contributed by atoms with Gasteiger partial charge in [0.1, 0.15) is 0 Å². The van der Waals surface area contributed by atoms with Gasteiger partial charge in [0.15, 0.2) is 0 Å². The molecule has 10 heavy (non-hydrogen) atoms. The number of nitrogens with zero attached hydrogens (tertiary/aromatic N) is 1. The standard InChI is InChI=1S/C6H9NOS2/c1-7-5(8)3-4(10-2)6(7)9/h4H,3H2,1-2H3. The topological polar surface area (TPSA) is 20.3 Å². The van der Waals surface area contributed by atoms with E-state index in [1.165, 1.54) is 0 Å². The van der Waals surface area contributed by atoms with Crippen molar-refractivity contribution in [2.24, 2.45) is 0 Å². The minimum Gasteiger partial charge on any atom is -0.309 e. The van der Waals surface area contributed by atoms with Crippen LogP contribution in [-0.4, -0.2) is 34.3 Å². The van der Waals surface area contributed by atoms with Crippen LogP contribution in [0.2, 0.25) is 0 Å². The van der Waals surface area contributed by atoms with Crippen molar-refractivity contribution in [3.05, 3.63) is 0 Å². The summed E-state index contributed by atoms with van der Waals surface area (Å²) in [5.41, 5.74) is 0. The first kappa shape index (κ1) is 8.01. The molecule has 1 fully saturated rings. The van der Waals surface area contributed by atoms with Crippen molar-refractivity contribution in [3.8, 4) is 0 Å². The van der Waals surface area contributed by atoms with E-state index in [1.807, 2.05) is 6.26 Å². The Labute approximate surface area is 70.0 Å². The van der Waals surface area contributed by atoms with Crippen LogP contribution in [0.3, 0.4) is 0 Å². The molecule has 1 saturated heterocycles. The summed E-state index contributed by atoms with van der Waals surface area (Å²) in [6.45, 7) is 0. The lowest BCUT2D eigenvalue weighted by atomic mass is 10.4. The maximum Gasteiger partial charge on any atom is 0.228 e. The van der Waals surface area contributed by atoms with Crippen LogP contribution in [0.1, 0.15) is 6.42 Å². The zero-order valence-corrected chi connectivity index (χ0v) is 7.59. The van der Waals surface area contributed by atoms with Crippen molar-refractivity contribution >= 4 is 34.9 Å². The number of carbonyl (C=O) groups is 1. The third-order valence-corrected chi connectivity index (χ3v) is 3.29. The molecule has 0 spiro atoms.